The van der Waals surface area contributed by atoms with Gasteiger partial charge in [-0.05, 0) is 26.2 Å². The maximum Gasteiger partial charge on any atom is 0.239 e. The second kappa shape index (κ2) is 3.72. The predicted molar refractivity (Wildman–Crippen MR) is 44.1 cm³/mol. The quantitative estimate of drug-likeness (QED) is 0.595. The van der Waals surface area contributed by atoms with Gasteiger partial charge in [0.2, 0.25) is 5.91 Å². The van der Waals surface area contributed by atoms with E-state index in [1.54, 1.807) is 6.92 Å². The minimum atomic E-state index is -0.326. The molecule has 1 unspecified atom stereocenters. The van der Waals surface area contributed by atoms with Crippen molar-refractivity contribution in [3.05, 3.63) is 0 Å². The number of piperidine rings is 1. The number of likely N-dealkylation sites (tertiary alicyclic amines) is 1. The summed E-state index contributed by atoms with van der Waals surface area (Å²) in [5.74, 6) is 0.102. The first-order valence-electron chi connectivity index (χ1n) is 4.26. The van der Waals surface area contributed by atoms with Gasteiger partial charge >= 0.3 is 0 Å². The summed E-state index contributed by atoms with van der Waals surface area (Å²) in [5.41, 5.74) is 5.48. The third-order valence-electron chi connectivity index (χ3n) is 2.06. The van der Waals surface area contributed by atoms with Crippen LogP contribution in [-0.4, -0.2) is 29.9 Å². The van der Waals surface area contributed by atoms with Gasteiger partial charge in [-0.25, -0.2) is 0 Å². The lowest BCUT2D eigenvalue weighted by molar-refractivity contribution is -0.133. The van der Waals surface area contributed by atoms with Crippen LogP contribution >= 0.6 is 0 Å². The van der Waals surface area contributed by atoms with Gasteiger partial charge in [-0.15, -0.1) is 0 Å². The predicted octanol–water partition coefficient (Wildman–Crippen LogP) is 0.346. The molecular weight excluding hydrogens is 140 g/mol. The molecule has 1 heterocycles. The van der Waals surface area contributed by atoms with Gasteiger partial charge in [0.25, 0.3) is 0 Å². The smallest absolute Gasteiger partial charge is 0.239 e. The third-order valence-corrected chi connectivity index (χ3v) is 2.06. The molecule has 0 aromatic rings. The van der Waals surface area contributed by atoms with Gasteiger partial charge in [0.15, 0.2) is 0 Å². The van der Waals surface area contributed by atoms with Gasteiger partial charge < -0.3 is 10.6 Å². The summed E-state index contributed by atoms with van der Waals surface area (Å²) < 4.78 is 0. The van der Waals surface area contributed by atoms with Gasteiger partial charge in [0.1, 0.15) is 0 Å². The third kappa shape index (κ3) is 2.19. The van der Waals surface area contributed by atoms with Gasteiger partial charge in [0.05, 0.1) is 6.04 Å². The van der Waals surface area contributed by atoms with E-state index in [9.17, 15) is 4.79 Å². The molecule has 1 aliphatic heterocycles. The van der Waals surface area contributed by atoms with Crippen molar-refractivity contribution in [1.82, 2.24) is 4.90 Å². The molecule has 0 bridgehead atoms. The molecule has 0 spiro atoms. The van der Waals surface area contributed by atoms with Crippen LogP contribution in [0.2, 0.25) is 0 Å². The summed E-state index contributed by atoms with van der Waals surface area (Å²) in [6.45, 7) is 3.55. The van der Waals surface area contributed by atoms with E-state index in [0.29, 0.717) is 0 Å². The molecule has 11 heavy (non-hydrogen) atoms. The first-order valence-corrected chi connectivity index (χ1v) is 4.26. The molecule has 3 heteroatoms. The summed E-state index contributed by atoms with van der Waals surface area (Å²) in [7, 11) is 0. The lowest BCUT2D eigenvalue weighted by Crippen LogP contribution is -2.44. The second-order valence-electron chi connectivity index (χ2n) is 3.17. The van der Waals surface area contributed by atoms with Gasteiger partial charge in [-0.1, -0.05) is 0 Å². The van der Waals surface area contributed by atoms with Crippen LogP contribution in [0, 0.1) is 0 Å². The number of hydrogen-bond acceptors (Lipinski definition) is 2. The molecule has 1 atom stereocenters. The van der Waals surface area contributed by atoms with E-state index in [1.165, 1.54) is 6.42 Å². The van der Waals surface area contributed by atoms with E-state index < -0.39 is 0 Å². The number of amides is 1. The zero-order chi connectivity index (χ0) is 8.27. The van der Waals surface area contributed by atoms with Crippen molar-refractivity contribution >= 4 is 5.91 Å². The van der Waals surface area contributed by atoms with Crippen molar-refractivity contribution < 1.29 is 4.79 Å². The van der Waals surface area contributed by atoms with Crippen molar-refractivity contribution in [1.29, 1.82) is 0 Å². The zero-order valence-corrected chi connectivity index (χ0v) is 7.05. The number of nitrogens with two attached hydrogens (primary N) is 1. The molecule has 64 valence electrons. The Morgan fingerprint density at radius 2 is 1.91 bits per heavy atom. The minimum absolute atomic E-state index is 0.102. The van der Waals surface area contributed by atoms with Crippen molar-refractivity contribution in [2.75, 3.05) is 13.1 Å². The highest BCUT2D eigenvalue weighted by Gasteiger charge is 2.18. The SMILES string of the molecule is CC(N)C(=O)N1CCCCC1. The number of carbonyl (C=O) groups excluding carboxylic acids is 1. The van der Waals surface area contributed by atoms with Crippen LogP contribution in [0.15, 0.2) is 0 Å². The molecule has 0 aromatic heterocycles. The van der Waals surface area contributed by atoms with Gasteiger partial charge in [0, 0.05) is 13.1 Å². The molecule has 0 aliphatic carbocycles. The maximum atomic E-state index is 11.3. The summed E-state index contributed by atoms with van der Waals surface area (Å²) in [5, 5.41) is 0. The lowest BCUT2D eigenvalue weighted by atomic mass is 10.1. The number of nitrogens with zero attached hydrogens (tertiary/aromatic N) is 1. The van der Waals surface area contributed by atoms with Crippen LogP contribution in [0.5, 0.6) is 0 Å². The van der Waals surface area contributed by atoms with E-state index in [4.69, 9.17) is 5.73 Å². The molecule has 2 N–H and O–H groups in total. The average molecular weight is 156 g/mol. The molecule has 0 saturated carbocycles. The Morgan fingerprint density at radius 1 is 1.36 bits per heavy atom. The van der Waals surface area contributed by atoms with Crippen LogP contribution in [0.1, 0.15) is 26.2 Å². The van der Waals surface area contributed by atoms with Crippen LogP contribution in [-0.2, 0) is 4.79 Å². The molecule has 0 aromatic carbocycles. The Morgan fingerprint density at radius 3 is 2.36 bits per heavy atom. The van der Waals surface area contributed by atoms with E-state index in [-0.39, 0.29) is 11.9 Å². The van der Waals surface area contributed by atoms with Crippen LogP contribution in [0.25, 0.3) is 0 Å². The summed E-state index contributed by atoms with van der Waals surface area (Å²) in [6.07, 6.45) is 3.53. The Balaban J connectivity index is 2.39. The maximum absolute atomic E-state index is 11.3. The van der Waals surface area contributed by atoms with E-state index in [2.05, 4.69) is 0 Å². The Hall–Kier alpha value is -0.570. The Labute approximate surface area is 67.5 Å². The van der Waals surface area contributed by atoms with Crippen molar-refractivity contribution in [3.63, 3.8) is 0 Å². The zero-order valence-electron chi connectivity index (χ0n) is 7.05. The fraction of sp³-hybridized carbons (Fsp3) is 0.875. The normalized spacial score (nSPS) is 21.5. The van der Waals surface area contributed by atoms with Gasteiger partial charge in [-0.2, -0.15) is 0 Å². The highest BCUT2D eigenvalue weighted by molar-refractivity contribution is 5.81. The highest BCUT2D eigenvalue weighted by Crippen LogP contribution is 2.09. The highest BCUT2D eigenvalue weighted by atomic mass is 16.2. The van der Waals surface area contributed by atoms with Gasteiger partial charge in [-0.3, -0.25) is 4.79 Å². The van der Waals surface area contributed by atoms with Crippen LogP contribution < -0.4 is 5.73 Å². The van der Waals surface area contributed by atoms with E-state index >= 15 is 0 Å². The number of hydrogen-bond donors (Lipinski definition) is 1. The average Bonchev–Trinajstić information content (AvgIpc) is 2.05. The second-order valence-corrected chi connectivity index (χ2v) is 3.17. The summed E-state index contributed by atoms with van der Waals surface area (Å²) >= 11 is 0. The van der Waals surface area contributed by atoms with E-state index in [1.807, 2.05) is 4.90 Å². The molecule has 1 amide bonds. The Bertz CT molecular complexity index is 139. The molecule has 1 aliphatic rings. The molecule has 0 radical (unpaired) electrons. The first-order chi connectivity index (χ1) is 5.22. The fourth-order valence-electron chi connectivity index (χ4n) is 1.40. The summed E-state index contributed by atoms with van der Waals surface area (Å²) in [4.78, 5) is 13.2. The largest absolute Gasteiger partial charge is 0.341 e. The molecule has 3 nitrogen and oxygen atoms in total. The topological polar surface area (TPSA) is 46.3 Å². The van der Waals surface area contributed by atoms with Crippen LogP contribution in [0.3, 0.4) is 0 Å². The standard InChI is InChI=1S/C8H16N2O/c1-7(9)8(11)10-5-3-2-4-6-10/h7H,2-6,9H2,1H3. The molecule has 1 fully saturated rings. The molecule has 1 saturated heterocycles. The number of carbonyl (C=O) groups is 1. The van der Waals surface area contributed by atoms with E-state index in [0.717, 1.165) is 25.9 Å². The monoisotopic (exact) mass is 156 g/mol. The minimum Gasteiger partial charge on any atom is -0.341 e. The lowest BCUT2D eigenvalue weighted by Gasteiger charge is -2.27. The molecular formula is C8H16N2O. The Kier molecular flexibility index (Phi) is 2.88. The fourth-order valence-corrected chi connectivity index (χ4v) is 1.40. The first kappa shape index (κ1) is 8.53. The summed E-state index contributed by atoms with van der Waals surface area (Å²) in [6, 6.07) is -0.326. The van der Waals surface area contributed by atoms with Crippen LogP contribution in [0.4, 0.5) is 0 Å². The van der Waals surface area contributed by atoms with Crippen molar-refractivity contribution in [3.8, 4) is 0 Å². The number of rotatable bonds is 1. The molecule has 1 rings (SSSR count). The van der Waals surface area contributed by atoms with Crippen molar-refractivity contribution in [2.45, 2.75) is 32.2 Å². The van der Waals surface area contributed by atoms with Crippen molar-refractivity contribution in [2.24, 2.45) is 5.73 Å².